The Kier molecular flexibility index (Phi) is 5.51. The van der Waals surface area contributed by atoms with Crippen LogP contribution in [0.4, 0.5) is 0 Å². The van der Waals surface area contributed by atoms with Crippen molar-refractivity contribution in [2.45, 2.75) is 27.3 Å². The van der Waals surface area contributed by atoms with Gasteiger partial charge in [0.05, 0.1) is 0 Å². The fraction of sp³-hybridized carbons (Fsp3) is 0.400. The molecule has 0 aliphatic rings. The van der Waals surface area contributed by atoms with E-state index in [1.54, 1.807) is 6.07 Å². The van der Waals surface area contributed by atoms with Crippen molar-refractivity contribution in [3.8, 4) is 5.75 Å². The van der Waals surface area contributed by atoms with Crippen molar-refractivity contribution in [3.63, 3.8) is 0 Å². The van der Waals surface area contributed by atoms with Crippen LogP contribution in [0.2, 0.25) is 5.02 Å². The van der Waals surface area contributed by atoms with E-state index in [0.29, 0.717) is 11.6 Å². The van der Waals surface area contributed by atoms with Gasteiger partial charge in [-0.3, -0.25) is 0 Å². The lowest BCUT2D eigenvalue weighted by Gasteiger charge is -2.05. The molecule has 0 spiro atoms. The number of hydrogen-bond acceptors (Lipinski definition) is 2. The number of phenolic OH excluding ortho intramolecular Hbond substituents is 1. The Balaban J connectivity index is 0.000000671. The van der Waals surface area contributed by atoms with E-state index in [-0.39, 0.29) is 5.75 Å². The lowest BCUT2D eigenvalue weighted by molar-refractivity contribution is 0.474. The van der Waals surface area contributed by atoms with Crippen LogP contribution in [0.3, 0.4) is 0 Å². The molecule has 0 radical (unpaired) electrons. The number of rotatable bonds is 1. The molecule has 0 heterocycles. The first-order chi connectivity index (χ1) is 6.15. The number of hydrogen-bond donors (Lipinski definition) is 2. The molecular formula is C10H16ClNO. The molecule has 2 nitrogen and oxygen atoms in total. The Bertz CT molecular complexity index is 251. The number of benzene rings is 1. The highest BCUT2D eigenvalue weighted by Gasteiger charge is 2.03. The molecule has 0 fully saturated rings. The Morgan fingerprint density at radius 3 is 2.31 bits per heavy atom. The highest BCUT2D eigenvalue weighted by atomic mass is 35.5. The second kappa shape index (κ2) is 5.84. The van der Waals surface area contributed by atoms with Gasteiger partial charge in [0.25, 0.3) is 0 Å². The number of aromatic hydroxyl groups is 1. The van der Waals surface area contributed by atoms with Gasteiger partial charge in [0.15, 0.2) is 0 Å². The van der Waals surface area contributed by atoms with Gasteiger partial charge < -0.3 is 10.8 Å². The molecule has 3 N–H and O–H groups in total. The zero-order valence-corrected chi connectivity index (χ0v) is 9.02. The first kappa shape index (κ1) is 12.3. The van der Waals surface area contributed by atoms with Gasteiger partial charge in [-0.05, 0) is 30.2 Å². The van der Waals surface area contributed by atoms with Crippen LogP contribution < -0.4 is 5.73 Å². The summed E-state index contributed by atoms with van der Waals surface area (Å²) < 4.78 is 0. The number of halogens is 1. The minimum Gasteiger partial charge on any atom is -0.508 e. The number of phenols is 1. The summed E-state index contributed by atoms with van der Waals surface area (Å²) >= 11 is 5.79. The standard InChI is InChI=1S/C8H10ClNO.C2H6/c1-5-2-6(11)3-8(9)7(5)4-10;1-2/h2-3,11H,4,10H2,1H3;1-2H3. The van der Waals surface area contributed by atoms with Crippen LogP contribution >= 0.6 is 11.6 Å². The minimum absolute atomic E-state index is 0.185. The third kappa shape index (κ3) is 3.25. The van der Waals surface area contributed by atoms with Crippen LogP contribution in [-0.2, 0) is 6.54 Å². The third-order valence-corrected chi connectivity index (χ3v) is 1.94. The van der Waals surface area contributed by atoms with Crippen LogP contribution in [0.25, 0.3) is 0 Å². The molecule has 0 aromatic heterocycles. The normalized spacial score (nSPS) is 9.00. The topological polar surface area (TPSA) is 46.2 Å². The molecule has 3 heteroatoms. The average molecular weight is 202 g/mol. The molecule has 0 amide bonds. The van der Waals surface area contributed by atoms with E-state index in [1.807, 2.05) is 20.8 Å². The SMILES string of the molecule is CC.Cc1cc(O)cc(Cl)c1CN. The van der Waals surface area contributed by atoms with Crippen molar-refractivity contribution in [3.05, 3.63) is 28.3 Å². The van der Waals surface area contributed by atoms with E-state index in [2.05, 4.69) is 0 Å². The highest BCUT2D eigenvalue weighted by Crippen LogP contribution is 2.24. The first-order valence-electron chi connectivity index (χ1n) is 4.33. The summed E-state index contributed by atoms with van der Waals surface area (Å²) in [7, 11) is 0. The van der Waals surface area contributed by atoms with Gasteiger partial charge in [0.1, 0.15) is 5.75 Å². The molecule has 0 aliphatic heterocycles. The van der Waals surface area contributed by atoms with Crippen LogP contribution in [-0.4, -0.2) is 5.11 Å². The summed E-state index contributed by atoms with van der Waals surface area (Å²) in [5.74, 6) is 0.185. The van der Waals surface area contributed by atoms with Crippen molar-refractivity contribution in [1.82, 2.24) is 0 Å². The number of nitrogens with two attached hydrogens (primary N) is 1. The van der Waals surface area contributed by atoms with E-state index in [1.165, 1.54) is 6.07 Å². The van der Waals surface area contributed by atoms with Gasteiger partial charge in [0.2, 0.25) is 0 Å². The van der Waals surface area contributed by atoms with Crippen LogP contribution in [0.5, 0.6) is 5.75 Å². The average Bonchev–Trinajstić information content (AvgIpc) is 2.07. The summed E-state index contributed by atoms with van der Waals surface area (Å²) in [6.07, 6.45) is 0. The van der Waals surface area contributed by atoms with E-state index in [4.69, 9.17) is 22.4 Å². The molecule has 0 bridgehead atoms. The van der Waals surface area contributed by atoms with E-state index in [0.717, 1.165) is 11.1 Å². The largest absolute Gasteiger partial charge is 0.508 e. The third-order valence-electron chi connectivity index (χ3n) is 1.61. The van der Waals surface area contributed by atoms with Crippen molar-refractivity contribution in [2.75, 3.05) is 0 Å². The fourth-order valence-electron chi connectivity index (χ4n) is 1.01. The van der Waals surface area contributed by atoms with Crippen molar-refractivity contribution >= 4 is 11.6 Å². The lowest BCUT2D eigenvalue weighted by Crippen LogP contribution is -1.99. The second-order valence-corrected chi connectivity index (χ2v) is 2.83. The van der Waals surface area contributed by atoms with Gasteiger partial charge in [-0.2, -0.15) is 0 Å². The molecule has 0 aliphatic carbocycles. The monoisotopic (exact) mass is 201 g/mol. The molecule has 0 saturated carbocycles. The number of aryl methyl sites for hydroxylation is 1. The Morgan fingerprint density at radius 1 is 1.38 bits per heavy atom. The molecule has 13 heavy (non-hydrogen) atoms. The highest BCUT2D eigenvalue weighted by molar-refractivity contribution is 6.31. The Labute approximate surface area is 84.3 Å². The molecule has 1 aromatic carbocycles. The lowest BCUT2D eigenvalue weighted by atomic mass is 10.1. The summed E-state index contributed by atoms with van der Waals surface area (Å²) in [6.45, 7) is 6.28. The predicted octanol–water partition coefficient (Wildman–Crippen LogP) is 2.84. The molecule has 0 saturated heterocycles. The molecule has 0 unspecified atom stereocenters. The van der Waals surface area contributed by atoms with Gasteiger partial charge in [-0.1, -0.05) is 25.4 Å². The van der Waals surface area contributed by atoms with Crippen LogP contribution in [0.15, 0.2) is 12.1 Å². The summed E-state index contributed by atoms with van der Waals surface area (Å²) in [6, 6.07) is 3.14. The van der Waals surface area contributed by atoms with E-state index in [9.17, 15) is 0 Å². The van der Waals surface area contributed by atoms with Gasteiger partial charge >= 0.3 is 0 Å². The van der Waals surface area contributed by atoms with E-state index >= 15 is 0 Å². The maximum Gasteiger partial charge on any atom is 0.117 e. The molecule has 1 aromatic rings. The predicted molar refractivity (Wildman–Crippen MR) is 57.1 cm³/mol. The fourth-order valence-corrected chi connectivity index (χ4v) is 1.35. The summed E-state index contributed by atoms with van der Waals surface area (Å²) in [5.41, 5.74) is 7.26. The van der Waals surface area contributed by atoms with Crippen LogP contribution in [0, 0.1) is 6.92 Å². The van der Waals surface area contributed by atoms with Crippen molar-refractivity contribution < 1.29 is 5.11 Å². The Morgan fingerprint density at radius 2 is 1.92 bits per heavy atom. The zero-order valence-electron chi connectivity index (χ0n) is 8.26. The molecule has 74 valence electrons. The quantitative estimate of drug-likeness (QED) is 0.734. The Hall–Kier alpha value is -0.730. The van der Waals surface area contributed by atoms with Gasteiger partial charge in [-0.15, -0.1) is 0 Å². The summed E-state index contributed by atoms with van der Waals surface area (Å²) in [5, 5.41) is 9.62. The van der Waals surface area contributed by atoms with Gasteiger partial charge in [-0.25, -0.2) is 0 Å². The summed E-state index contributed by atoms with van der Waals surface area (Å²) in [4.78, 5) is 0. The maximum absolute atomic E-state index is 9.09. The van der Waals surface area contributed by atoms with E-state index < -0.39 is 0 Å². The second-order valence-electron chi connectivity index (χ2n) is 2.43. The molecule has 0 atom stereocenters. The minimum atomic E-state index is 0.185. The van der Waals surface area contributed by atoms with Crippen LogP contribution in [0.1, 0.15) is 25.0 Å². The molecular weight excluding hydrogens is 186 g/mol. The van der Waals surface area contributed by atoms with Gasteiger partial charge in [0, 0.05) is 11.6 Å². The maximum atomic E-state index is 9.09. The smallest absolute Gasteiger partial charge is 0.117 e. The first-order valence-corrected chi connectivity index (χ1v) is 4.71. The molecule has 1 rings (SSSR count). The van der Waals surface area contributed by atoms with Crippen molar-refractivity contribution in [1.29, 1.82) is 0 Å². The van der Waals surface area contributed by atoms with Crippen molar-refractivity contribution in [2.24, 2.45) is 5.73 Å². The zero-order chi connectivity index (χ0) is 10.4.